The largest absolute Gasteiger partial charge is 0.298 e. The minimum absolute atomic E-state index is 0.00300. The first-order valence-electron chi connectivity index (χ1n) is 7.33. The van der Waals surface area contributed by atoms with Gasteiger partial charge in [-0.05, 0) is 37.3 Å². The van der Waals surface area contributed by atoms with E-state index < -0.39 is 14.6 Å². The normalized spacial score (nSPS) is 25.4. The zero-order chi connectivity index (χ0) is 14.8. The lowest BCUT2D eigenvalue weighted by Gasteiger charge is -2.17. The van der Waals surface area contributed by atoms with Gasteiger partial charge in [-0.1, -0.05) is 38.5 Å². The van der Waals surface area contributed by atoms with Crippen LogP contribution in [0.15, 0.2) is 35.2 Å². The first kappa shape index (κ1) is 15.2. The molecule has 1 aliphatic rings. The van der Waals surface area contributed by atoms with Crippen molar-refractivity contribution >= 4 is 15.6 Å². The minimum atomic E-state index is -3.57. The molecule has 1 aromatic rings. The van der Waals surface area contributed by atoms with Crippen LogP contribution in [0.5, 0.6) is 0 Å². The lowest BCUT2D eigenvalue weighted by molar-refractivity contribution is -0.119. The Labute approximate surface area is 121 Å². The second-order valence-corrected chi connectivity index (χ2v) is 7.78. The highest BCUT2D eigenvalue weighted by Crippen LogP contribution is 2.56. The van der Waals surface area contributed by atoms with Crippen LogP contribution in [0.3, 0.4) is 0 Å². The summed E-state index contributed by atoms with van der Waals surface area (Å²) in [4.78, 5) is 12.7. The Morgan fingerprint density at radius 1 is 1.20 bits per heavy atom. The molecule has 0 N–H and O–H groups in total. The van der Waals surface area contributed by atoms with Crippen LogP contribution in [0.4, 0.5) is 0 Å². The molecule has 110 valence electrons. The predicted octanol–water partition coefficient (Wildman–Crippen LogP) is 3.39. The summed E-state index contributed by atoms with van der Waals surface area (Å²) in [6.07, 6.45) is 3.27. The minimum Gasteiger partial charge on any atom is -0.298 e. The molecule has 1 aromatic carbocycles. The maximum absolute atomic E-state index is 12.9. The van der Waals surface area contributed by atoms with E-state index in [1.54, 1.807) is 30.3 Å². The highest BCUT2D eigenvalue weighted by molar-refractivity contribution is 7.94. The third-order valence-corrected chi connectivity index (χ3v) is 6.75. The molecule has 0 aromatic heterocycles. The Bertz CT molecular complexity index is 577. The molecule has 0 heterocycles. The number of sulfone groups is 1. The molecular formula is C16H22O3S. The van der Waals surface area contributed by atoms with E-state index in [0.29, 0.717) is 19.3 Å². The molecule has 1 aliphatic carbocycles. The summed E-state index contributed by atoms with van der Waals surface area (Å²) < 4.78 is 24.7. The van der Waals surface area contributed by atoms with Crippen LogP contribution in [0, 0.1) is 5.92 Å². The van der Waals surface area contributed by atoms with Crippen LogP contribution in [0.25, 0.3) is 0 Å². The van der Waals surface area contributed by atoms with Crippen molar-refractivity contribution in [1.29, 1.82) is 0 Å². The lowest BCUT2D eigenvalue weighted by Crippen LogP contribution is -2.35. The van der Waals surface area contributed by atoms with Crippen molar-refractivity contribution in [3.05, 3.63) is 30.3 Å². The summed E-state index contributed by atoms with van der Waals surface area (Å²) >= 11 is 0. The van der Waals surface area contributed by atoms with E-state index in [4.69, 9.17) is 0 Å². The maximum atomic E-state index is 12.9. The van der Waals surface area contributed by atoms with Gasteiger partial charge in [0.25, 0.3) is 0 Å². The zero-order valence-corrected chi connectivity index (χ0v) is 12.9. The van der Waals surface area contributed by atoms with Crippen molar-refractivity contribution < 1.29 is 13.2 Å². The number of benzene rings is 1. The molecule has 4 heteroatoms. The van der Waals surface area contributed by atoms with Crippen molar-refractivity contribution in [2.24, 2.45) is 5.92 Å². The van der Waals surface area contributed by atoms with Crippen LogP contribution >= 0.6 is 0 Å². The van der Waals surface area contributed by atoms with Crippen LogP contribution in [-0.4, -0.2) is 18.9 Å². The third kappa shape index (κ3) is 2.30. The first-order valence-corrected chi connectivity index (χ1v) is 8.82. The third-order valence-electron chi connectivity index (χ3n) is 4.17. The lowest BCUT2D eigenvalue weighted by atomic mass is 10.1. The molecule has 0 amide bonds. The van der Waals surface area contributed by atoms with E-state index in [1.165, 1.54) is 0 Å². The topological polar surface area (TPSA) is 51.2 Å². The van der Waals surface area contributed by atoms with Crippen LogP contribution in [0.1, 0.15) is 46.0 Å². The summed E-state index contributed by atoms with van der Waals surface area (Å²) in [5.74, 6) is -0.0981. The van der Waals surface area contributed by atoms with Gasteiger partial charge in [0.1, 0.15) is 4.75 Å². The monoisotopic (exact) mass is 294 g/mol. The molecule has 1 saturated carbocycles. The van der Waals surface area contributed by atoms with E-state index in [1.807, 2.05) is 13.8 Å². The molecule has 3 nitrogen and oxygen atoms in total. The number of hydrogen-bond donors (Lipinski definition) is 0. The molecule has 0 bridgehead atoms. The Morgan fingerprint density at radius 3 is 2.40 bits per heavy atom. The van der Waals surface area contributed by atoms with E-state index >= 15 is 0 Å². The fraction of sp³-hybridized carbons (Fsp3) is 0.562. The number of carbonyl (C=O) groups excluding carboxylic acids is 1. The molecule has 2 atom stereocenters. The highest BCUT2D eigenvalue weighted by atomic mass is 32.2. The van der Waals surface area contributed by atoms with E-state index in [2.05, 4.69) is 0 Å². The Balaban J connectivity index is 2.41. The second-order valence-electron chi connectivity index (χ2n) is 5.57. The fourth-order valence-electron chi connectivity index (χ4n) is 3.06. The maximum Gasteiger partial charge on any atom is 0.191 e. The predicted molar refractivity (Wildman–Crippen MR) is 79.3 cm³/mol. The van der Waals surface area contributed by atoms with Gasteiger partial charge in [-0.15, -0.1) is 0 Å². The molecule has 0 spiro atoms. The fourth-order valence-corrected chi connectivity index (χ4v) is 5.38. The van der Waals surface area contributed by atoms with Gasteiger partial charge in [-0.3, -0.25) is 4.79 Å². The summed E-state index contributed by atoms with van der Waals surface area (Å²) in [6, 6.07) is 8.40. The number of hydrogen-bond acceptors (Lipinski definition) is 3. The van der Waals surface area contributed by atoms with Gasteiger partial charge in [-0.2, -0.15) is 0 Å². The summed E-state index contributed by atoms with van der Waals surface area (Å²) in [5, 5.41) is 0. The van der Waals surface area contributed by atoms with E-state index in [-0.39, 0.29) is 16.6 Å². The Kier molecular flexibility index (Phi) is 4.33. The van der Waals surface area contributed by atoms with Crippen molar-refractivity contribution in [3.8, 4) is 0 Å². The summed E-state index contributed by atoms with van der Waals surface area (Å²) in [6.45, 7) is 3.94. The van der Waals surface area contributed by atoms with Crippen molar-refractivity contribution in [2.75, 3.05) is 0 Å². The second kappa shape index (κ2) is 5.68. The first-order chi connectivity index (χ1) is 9.50. The van der Waals surface area contributed by atoms with Gasteiger partial charge in [0.2, 0.25) is 0 Å². The number of carbonyl (C=O) groups is 1. The summed E-state index contributed by atoms with van der Waals surface area (Å²) in [5.41, 5.74) is 0. The molecule has 20 heavy (non-hydrogen) atoms. The van der Waals surface area contributed by atoms with Gasteiger partial charge in [-0.25, -0.2) is 8.42 Å². The van der Waals surface area contributed by atoms with Crippen LogP contribution < -0.4 is 0 Å². The number of rotatable bonds is 7. The molecule has 0 radical (unpaired) electrons. The van der Waals surface area contributed by atoms with Crippen molar-refractivity contribution in [1.82, 2.24) is 0 Å². The Morgan fingerprint density at radius 2 is 1.85 bits per heavy atom. The highest BCUT2D eigenvalue weighted by Gasteiger charge is 2.67. The van der Waals surface area contributed by atoms with Crippen molar-refractivity contribution in [2.45, 2.75) is 55.6 Å². The summed E-state index contributed by atoms with van der Waals surface area (Å²) in [7, 11) is -3.57. The van der Waals surface area contributed by atoms with Gasteiger partial charge < -0.3 is 0 Å². The van der Waals surface area contributed by atoms with Gasteiger partial charge in [0, 0.05) is 6.42 Å². The molecule has 0 aliphatic heterocycles. The van der Waals surface area contributed by atoms with Gasteiger partial charge >= 0.3 is 0 Å². The standard InChI is InChI=1S/C16H22O3S/c1-3-8-13-12-16(13,15(17)9-4-2)20(18,19)14-10-6-5-7-11-14/h5-7,10-11,13H,3-4,8-9,12H2,1-2H3/t13-,16-/m1/s1. The zero-order valence-electron chi connectivity index (χ0n) is 12.1. The van der Waals surface area contributed by atoms with Crippen molar-refractivity contribution in [3.63, 3.8) is 0 Å². The molecule has 0 saturated heterocycles. The van der Waals surface area contributed by atoms with Crippen LogP contribution in [-0.2, 0) is 14.6 Å². The molecule has 2 rings (SSSR count). The van der Waals surface area contributed by atoms with Crippen LogP contribution in [0.2, 0.25) is 0 Å². The smallest absolute Gasteiger partial charge is 0.191 e. The van der Waals surface area contributed by atoms with Gasteiger partial charge in [0.15, 0.2) is 15.6 Å². The van der Waals surface area contributed by atoms with E-state index in [0.717, 1.165) is 12.8 Å². The van der Waals surface area contributed by atoms with Gasteiger partial charge in [0.05, 0.1) is 4.90 Å². The molecule has 0 unspecified atom stereocenters. The van der Waals surface area contributed by atoms with E-state index in [9.17, 15) is 13.2 Å². The quantitative estimate of drug-likeness (QED) is 0.774. The number of Topliss-reactive ketones (excluding diaryl/α,β-unsaturated/α-hetero) is 1. The average Bonchev–Trinajstić information content (AvgIpc) is 3.17. The number of ketones is 1. The average molecular weight is 294 g/mol. The SMILES string of the molecule is CCCC(=O)[C@@]1(S(=O)(=O)c2ccccc2)C[C@H]1CCC. The molecule has 1 fully saturated rings. The molecular weight excluding hydrogens is 272 g/mol. The Hall–Kier alpha value is -1.16.